The summed E-state index contributed by atoms with van der Waals surface area (Å²) in [7, 11) is 0. The second-order valence-electron chi connectivity index (χ2n) is 5.45. The maximum Gasteiger partial charge on any atom is 0.161 e. The molecule has 1 aromatic carbocycles. The highest BCUT2D eigenvalue weighted by molar-refractivity contribution is 5.49. The standard InChI is InChI=1S/C16H23NO2/c1-2-7-17-14-6-4-3-5-12-10-15-16(11-13(12)14)19-9-8-18-15/h10-11,14,17H,2-9H2,1H3. The molecule has 1 heterocycles. The summed E-state index contributed by atoms with van der Waals surface area (Å²) in [5, 5.41) is 3.68. The topological polar surface area (TPSA) is 30.5 Å². The van der Waals surface area contributed by atoms with Crippen LogP contribution in [0.1, 0.15) is 49.8 Å². The zero-order valence-corrected chi connectivity index (χ0v) is 11.7. The lowest BCUT2D eigenvalue weighted by atomic mass is 9.98. The van der Waals surface area contributed by atoms with E-state index in [9.17, 15) is 0 Å². The molecule has 0 amide bonds. The molecule has 1 unspecified atom stereocenters. The third-order valence-corrected chi connectivity index (χ3v) is 4.01. The summed E-state index contributed by atoms with van der Waals surface area (Å²) in [5.74, 6) is 1.86. The zero-order chi connectivity index (χ0) is 13.1. The minimum atomic E-state index is 0.480. The SMILES string of the molecule is CCCNC1CCCCc2cc3c(cc21)OCCO3. The monoisotopic (exact) mass is 261 g/mol. The normalized spacial score (nSPS) is 21.6. The highest BCUT2D eigenvalue weighted by Crippen LogP contribution is 2.38. The molecular formula is C16H23NO2. The van der Waals surface area contributed by atoms with E-state index in [4.69, 9.17) is 9.47 Å². The van der Waals surface area contributed by atoms with Gasteiger partial charge in [-0.1, -0.05) is 13.3 Å². The fourth-order valence-electron chi connectivity index (χ4n) is 3.04. The van der Waals surface area contributed by atoms with Crippen LogP contribution in [-0.2, 0) is 6.42 Å². The number of aryl methyl sites for hydroxylation is 1. The molecule has 1 atom stereocenters. The van der Waals surface area contributed by atoms with Crippen LogP contribution in [0.15, 0.2) is 12.1 Å². The maximum atomic E-state index is 5.73. The van der Waals surface area contributed by atoms with Crippen LogP contribution in [0.4, 0.5) is 0 Å². The number of fused-ring (bicyclic) bond motifs is 2. The Balaban J connectivity index is 1.93. The van der Waals surface area contributed by atoms with Gasteiger partial charge in [0.05, 0.1) is 0 Å². The molecule has 0 spiro atoms. The van der Waals surface area contributed by atoms with Crippen molar-refractivity contribution in [3.63, 3.8) is 0 Å². The Morgan fingerprint density at radius 2 is 1.95 bits per heavy atom. The van der Waals surface area contributed by atoms with Gasteiger partial charge in [0.2, 0.25) is 0 Å². The minimum absolute atomic E-state index is 0.480. The number of ether oxygens (including phenoxy) is 2. The van der Waals surface area contributed by atoms with Crippen LogP contribution in [0.25, 0.3) is 0 Å². The van der Waals surface area contributed by atoms with Gasteiger partial charge in [-0.05, 0) is 55.5 Å². The summed E-state index contributed by atoms with van der Waals surface area (Å²) in [5.41, 5.74) is 2.87. The van der Waals surface area contributed by atoms with Crippen molar-refractivity contribution in [2.45, 2.75) is 45.1 Å². The summed E-state index contributed by atoms with van der Waals surface area (Å²) in [6.07, 6.45) is 6.14. The van der Waals surface area contributed by atoms with Crippen molar-refractivity contribution in [1.29, 1.82) is 0 Å². The number of hydrogen-bond donors (Lipinski definition) is 1. The lowest BCUT2D eigenvalue weighted by Crippen LogP contribution is -2.23. The summed E-state index contributed by atoms with van der Waals surface area (Å²) >= 11 is 0. The van der Waals surface area contributed by atoms with E-state index in [0.29, 0.717) is 19.3 Å². The van der Waals surface area contributed by atoms with Crippen molar-refractivity contribution in [2.75, 3.05) is 19.8 Å². The minimum Gasteiger partial charge on any atom is -0.486 e. The predicted octanol–water partition coefficient (Wildman–Crippen LogP) is 3.22. The molecule has 3 rings (SSSR count). The number of rotatable bonds is 3. The lowest BCUT2D eigenvalue weighted by Gasteiger charge is -2.24. The van der Waals surface area contributed by atoms with Gasteiger partial charge < -0.3 is 14.8 Å². The van der Waals surface area contributed by atoms with Crippen LogP contribution in [0, 0.1) is 0 Å². The Morgan fingerprint density at radius 3 is 2.74 bits per heavy atom. The first-order valence-corrected chi connectivity index (χ1v) is 7.54. The van der Waals surface area contributed by atoms with Gasteiger partial charge in [-0.2, -0.15) is 0 Å². The maximum absolute atomic E-state index is 5.73. The molecule has 0 bridgehead atoms. The fourth-order valence-corrected chi connectivity index (χ4v) is 3.04. The third-order valence-electron chi connectivity index (χ3n) is 4.01. The van der Waals surface area contributed by atoms with Gasteiger partial charge in [-0.25, -0.2) is 0 Å². The smallest absolute Gasteiger partial charge is 0.161 e. The van der Waals surface area contributed by atoms with Gasteiger partial charge >= 0.3 is 0 Å². The average molecular weight is 261 g/mol. The van der Waals surface area contributed by atoms with Crippen LogP contribution in [0.3, 0.4) is 0 Å². The molecule has 0 saturated heterocycles. The molecule has 0 aromatic heterocycles. The van der Waals surface area contributed by atoms with Gasteiger partial charge in [0.1, 0.15) is 13.2 Å². The summed E-state index contributed by atoms with van der Waals surface area (Å²) in [6, 6.07) is 4.89. The van der Waals surface area contributed by atoms with E-state index in [1.54, 1.807) is 0 Å². The van der Waals surface area contributed by atoms with Crippen LogP contribution in [0.5, 0.6) is 11.5 Å². The molecule has 1 aromatic rings. The van der Waals surface area contributed by atoms with Gasteiger partial charge in [0, 0.05) is 6.04 Å². The van der Waals surface area contributed by atoms with E-state index in [1.807, 2.05) is 0 Å². The summed E-state index contributed by atoms with van der Waals surface area (Å²) in [4.78, 5) is 0. The van der Waals surface area contributed by atoms with E-state index in [1.165, 1.54) is 36.8 Å². The quantitative estimate of drug-likeness (QED) is 0.847. The molecular weight excluding hydrogens is 238 g/mol. The van der Waals surface area contributed by atoms with E-state index in [0.717, 1.165) is 24.5 Å². The molecule has 19 heavy (non-hydrogen) atoms. The Kier molecular flexibility index (Phi) is 3.92. The van der Waals surface area contributed by atoms with E-state index >= 15 is 0 Å². The first-order chi connectivity index (χ1) is 9.38. The Labute approximate surface area is 115 Å². The number of nitrogens with one attached hydrogen (secondary N) is 1. The Hall–Kier alpha value is -1.22. The van der Waals surface area contributed by atoms with Crippen LogP contribution >= 0.6 is 0 Å². The molecule has 0 radical (unpaired) electrons. The van der Waals surface area contributed by atoms with Crippen molar-refractivity contribution >= 4 is 0 Å². The summed E-state index contributed by atoms with van der Waals surface area (Å²) < 4.78 is 11.4. The predicted molar refractivity (Wildman–Crippen MR) is 76.0 cm³/mol. The average Bonchev–Trinajstić information content (AvgIpc) is 2.64. The number of benzene rings is 1. The molecule has 1 aliphatic carbocycles. The van der Waals surface area contributed by atoms with E-state index in [-0.39, 0.29) is 0 Å². The molecule has 3 nitrogen and oxygen atoms in total. The second kappa shape index (κ2) is 5.83. The van der Waals surface area contributed by atoms with Crippen molar-refractivity contribution in [2.24, 2.45) is 0 Å². The van der Waals surface area contributed by atoms with Crippen LogP contribution < -0.4 is 14.8 Å². The molecule has 3 heteroatoms. The van der Waals surface area contributed by atoms with Gasteiger partial charge in [-0.3, -0.25) is 0 Å². The largest absolute Gasteiger partial charge is 0.486 e. The van der Waals surface area contributed by atoms with Crippen LogP contribution in [-0.4, -0.2) is 19.8 Å². The number of hydrogen-bond acceptors (Lipinski definition) is 3. The van der Waals surface area contributed by atoms with Gasteiger partial charge in [-0.15, -0.1) is 0 Å². The zero-order valence-electron chi connectivity index (χ0n) is 11.7. The lowest BCUT2D eigenvalue weighted by molar-refractivity contribution is 0.171. The third kappa shape index (κ3) is 2.71. The van der Waals surface area contributed by atoms with Crippen molar-refractivity contribution in [1.82, 2.24) is 5.32 Å². The van der Waals surface area contributed by atoms with Gasteiger partial charge in [0.25, 0.3) is 0 Å². The van der Waals surface area contributed by atoms with Crippen molar-refractivity contribution < 1.29 is 9.47 Å². The molecule has 104 valence electrons. The van der Waals surface area contributed by atoms with Crippen molar-refractivity contribution in [3.05, 3.63) is 23.3 Å². The van der Waals surface area contributed by atoms with Gasteiger partial charge in [0.15, 0.2) is 11.5 Å². The first kappa shape index (κ1) is 12.8. The van der Waals surface area contributed by atoms with Crippen LogP contribution in [0.2, 0.25) is 0 Å². The summed E-state index contributed by atoms with van der Waals surface area (Å²) in [6.45, 7) is 4.63. The molecule has 0 fully saturated rings. The highest BCUT2D eigenvalue weighted by atomic mass is 16.6. The highest BCUT2D eigenvalue weighted by Gasteiger charge is 2.22. The second-order valence-corrected chi connectivity index (χ2v) is 5.45. The molecule has 2 aliphatic rings. The van der Waals surface area contributed by atoms with Crippen molar-refractivity contribution in [3.8, 4) is 11.5 Å². The Morgan fingerprint density at radius 1 is 1.16 bits per heavy atom. The van der Waals surface area contributed by atoms with E-state index < -0.39 is 0 Å². The molecule has 1 N–H and O–H groups in total. The molecule has 0 saturated carbocycles. The molecule has 1 aliphatic heterocycles. The fraction of sp³-hybridized carbons (Fsp3) is 0.625. The first-order valence-electron chi connectivity index (χ1n) is 7.54. The van der Waals surface area contributed by atoms with E-state index in [2.05, 4.69) is 24.4 Å². The Bertz CT molecular complexity index is 445.